The minimum Gasteiger partial charge on any atom is -0.481 e. The fraction of sp³-hybridized carbons (Fsp3) is 0.500. The van der Waals surface area contributed by atoms with Crippen LogP contribution in [0, 0.1) is 11.8 Å². The van der Waals surface area contributed by atoms with Gasteiger partial charge in [-0.3, -0.25) is 9.78 Å². The Morgan fingerprint density at radius 2 is 1.90 bits per heavy atom. The predicted molar refractivity (Wildman–Crippen MR) is 75.1 cm³/mol. The van der Waals surface area contributed by atoms with E-state index in [1.807, 2.05) is 13.8 Å². The van der Waals surface area contributed by atoms with Crippen molar-refractivity contribution in [2.45, 2.75) is 26.8 Å². The number of rotatable bonds is 7. The normalized spacial score (nSPS) is 11.9. The van der Waals surface area contributed by atoms with Crippen LogP contribution >= 0.6 is 0 Å². The Bertz CT molecular complexity index is 435. The topological polar surface area (TPSA) is 91.3 Å². The quantitative estimate of drug-likeness (QED) is 0.707. The van der Waals surface area contributed by atoms with E-state index in [-0.39, 0.29) is 18.5 Å². The second-order valence-corrected chi connectivity index (χ2v) is 5.08. The van der Waals surface area contributed by atoms with Crippen molar-refractivity contribution in [2.75, 3.05) is 6.54 Å². The van der Waals surface area contributed by atoms with E-state index < -0.39 is 11.9 Å². The van der Waals surface area contributed by atoms with Crippen LogP contribution in [0.4, 0.5) is 4.79 Å². The first-order valence-electron chi connectivity index (χ1n) is 6.62. The summed E-state index contributed by atoms with van der Waals surface area (Å²) in [5, 5.41) is 14.3. The van der Waals surface area contributed by atoms with Gasteiger partial charge in [0.25, 0.3) is 0 Å². The molecule has 110 valence electrons. The fourth-order valence-corrected chi connectivity index (χ4v) is 1.80. The molecule has 0 aliphatic rings. The molecule has 0 fully saturated rings. The highest BCUT2D eigenvalue weighted by Gasteiger charge is 2.19. The molecule has 1 heterocycles. The van der Waals surface area contributed by atoms with Crippen LogP contribution in [0.1, 0.15) is 25.8 Å². The third kappa shape index (κ3) is 6.17. The maximum Gasteiger partial charge on any atom is 0.315 e. The van der Waals surface area contributed by atoms with E-state index in [9.17, 15) is 9.59 Å². The fourth-order valence-electron chi connectivity index (χ4n) is 1.80. The number of carboxylic acids is 1. The van der Waals surface area contributed by atoms with Crippen molar-refractivity contribution in [3.8, 4) is 0 Å². The maximum absolute atomic E-state index is 11.6. The Kier molecular flexibility index (Phi) is 6.49. The number of carbonyl (C=O) groups is 2. The zero-order valence-corrected chi connectivity index (χ0v) is 11.8. The Morgan fingerprint density at radius 1 is 1.25 bits per heavy atom. The van der Waals surface area contributed by atoms with Gasteiger partial charge in [-0.25, -0.2) is 4.79 Å². The Labute approximate surface area is 118 Å². The summed E-state index contributed by atoms with van der Waals surface area (Å²) in [6, 6.07) is 3.25. The Hall–Kier alpha value is -2.11. The lowest BCUT2D eigenvalue weighted by molar-refractivity contribution is -0.142. The number of carbonyl (C=O) groups excluding carboxylic acids is 1. The Balaban J connectivity index is 2.32. The lowest BCUT2D eigenvalue weighted by Crippen LogP contribution is -2.39. The van der Waals surface area contributed by atoms with E-state index in [1.54, 1.807) is 24.5 Å². The third-order valence-corrected chi connectivity index (χ3v) is 2.82. The molecule has 6 nitrogen and oxygen atoms in total. The van der Waals surface area contributed by atoms with Gasteiger partial charge in [0, 0.05) is 25.5 Å². The van der Waals surface area contributed by atoms with Gasteiger partial charge in [-0.15, -0.1) is 0 Å². The first-order chi connectivity index (χ1) is 9.49. The molecule has 3 N–H and O–H groups in total. The second kappa shape index (κ2) is 8.14. The molecule has 1 unspecified atom stereocenters. The molecule has 0 saturated carbocycles. The van der Waals surface area contributed by atoms with Gasteiger partial charge >= 0.3 is 12.0 Å². The van der Waals surface area contributed by atoms with Crippen molar-refractivity contribution in [3.05, 3.63) is 30.1 Å². The smallest absolute Gasteiger partial charge is 0.315 e. The molecule has 1 atom stereocenters. The molecule has 2 amide bonds. The van der Waals surface area contributed by atoms with E-state index in [0.717, 1.165) is 5.56 Å². The highest BCUT2D eigenvalue weighted by Crippen LogP contribution is 2.10. The maximum atomic E-state index is 11.6. The molecule has 0 bridgehead atoms. The lowest BCUT2D eigenvalue weighted by atomic mass is 9.97. The summed E-state index contributed by atoms with van der Waals surface area (Å²) in [5.74, 6) is -1.16. The highest BCUT2D eigenvalue weighted by molar-refractivity contribution is 5.75. The van der Waals surface area contributed by atoms with E-state index in [4.69, 9.17) is 5.11 Å². The predicted octanol–water partition coefficient (Wildman–Crippen LogP) is 1.63. The van der Waals surface area contributed by atoms with Gasteiger partial charge in [-0.1, -0.05) is 13.8 Å². The minimum absolute atomic E-state index is 0.135. The zero-order chi connectivity index (χ0) is 15.0. The van der Waals surface area contributed by atoms with Crippen LogP contribution in [-0.2, 0) is 11.3 Å². The summed E-state index contributed by atoms with van der Waals surface area (Å²) in [4.78, 5) is 26.5. The average Bonchev–Trinajstić information content (AvgIpc) is 2.41. The van der Waals surface area contributed by atoms with E-state index in [1.165, 1.54) is 0 Å². The van der Waals surface area contributed by atoms with Gasteiger partial charge in [-0.2, -0.15) is 0 Å². The molecular formula is C14H21N3O3. The largest absolute Gasteiger partial charge is 0.481 e. The van der Waals surface area contributed by atoms with E-state index in [2.05, 4.69) is 15.6 Å². The van der Waals surface area contributed by atoms with Crippen LogP contribution in [0.3, 0.4) is 0 Å². The summed E-state index contributed by atoms with van der Waals surface area (Å²) >= 11 is 0. The number of carboxylic acid groups (broad SMARTS) is 1. The third-order valence-electron chi connectivity index (χ3n) is 2.82. The number of pyridine rings is 1. The van der Waals surface area contributed by atoms with Crippen molar-refractivity contribution in [1.82, 2.24) is 15.6 Å². The van der Waals surface area contributed by atoms with Crippen molar-refractivity contribution < 1.29 is 14.7 Å². The number of aromatic nitrogens is 1. The Morgan fingerprint density at radius 3 is 2.45 bits per heavy atom. The molecule has 1 aromatic heterocycles. The molecule has 20 heavy (non-hydrogen) atoms. The van der Waals surface area contributed by atoms with Crippen molar-refractivity contribution >= 4 is 12.0 Å². The standard InChI is InChI=1S/C14H21N3O3/c1-10(2)7-12(13(18)19)9-17-14(20)16-8-11-3-5-15-6-4-11/h3-6,10,12H,7-9H2,1-2H3,(H,18,19)(H2,16,17,20). The van der Waals surface area contributed by atoms with Crippen LogP contribution in [0.15, 0.2) is 24.5 Å². The molecule has 0 saturated heterocycles. The van der Waals surface area contributed by atoms with Crippen LogP contribution in [0.2, 0.25) is 0 Å². The van der Waals surface area contributed by atoms with Crippen LogP contribution in [0.25, 0.3) is 0 Å². The lowest BCUT2D eigenvalue weighted by Gasteiger charge is -2.15. The van der Waals surface area contributed by atoms with Gasteiger partial charge in [0.1, 0.15) is 0 Å². The van der Waals surface area contributed by atoms with Crippen molar-refractivity contribution in [3.63, 3.8) is 0 Å². The summed E-state index contributed by atoms with van der Waals surface area (Å²) in [5.41, 5.74) is 0.937. The summed E-state index contributed by atoms with van der Waals surface area (Å²) in [6.45, 7) is 4.44. The van der Waals surface area contributed by atoms with Crippen molar-refractivity contribution in [2.24, 2.45) is 11.8 Å². The number of amides is 2. The molecule has 0 aliphatic carbocycles. The van der Waals surface area contributed by atoms with E-state index >= 15 is 0 Å². The summed E-state index contributed by atoms with van der Waals surface area (Å²) < 4.78 is 0. The van der Waals surface area contributed by atoms with Gasteiger partial charge in [-0.05, 0) is 30.0 Å². The number of nitrogens with one attached hydrogen (secondary N) is 2. The average molecular weight is 279 g/mol. The van der Waals surface area contributed by atoms with Gasteiger partial charge in [0.15, 0.2) is 0 Å². The molecule has 1 rings (SSSR count). The van der Waals surface area contributed by atoms with Gasteiger partial charge in [0.2, 0.25) is 0 Å². The molecule has 1 aromatic rings. The summed E-state index contributed by atoms with van der Waals surface area (Å²) in [7, 11) is 0. The van der Waals surface area contributed by atoms with Crippen LogP contribution < -0.4 is 10.6 Å². The molecule has 0 spiro atoms. The highest BCUT2D eigenvalue weighted by atomic mass is 16.4. The van der Waals surface area contributed by atoms with Gasteiger partial charge < -0.3 is 15.7 Å². The molecule has 0 aromatic carbocycles. The number of hydrogen-bond acceptors (Lipinski definition) is 3. The van der Waals surface area contributed by atoms with E-state index in [0.29, 0.717) is 13.0 Å². The molecule has 6 heteroatoms. The first-order valence-corrected chi connectivity index (χ1v) is 6.62. The number of urea groups is 1. The van der Waals surface area contributed by atoms with Crippen molar-refractivity contribution in [1.29, 1.82) is 0 Å². The summed E-state index contributed by atoms with van der Waals surface area (Å²) in [6.07, 6.45) is 3.84. The minimum atomic E-state index is -0.881. The molecular weight excluding hydrogens is 258 g/mol. The monoisotopic (exact) mass is 279 g/mol. The number of aliphatic carboxylic acids is 1. The van der Waals surface area contributed by atoms with Gasteiger partial charge in [0.05, 0.1) is 5.92 Å². The van der Waals surface area contributed by atoms with Crippen LogP contribution in [-0.4, -0.2) is 28.6 Å². The second-order valence-electron chi connectivity index (χ2n) is 5.08. The van der Waals surface area contributed by atoms with Crippen LogP contribution in [0.5, 0.6) is 0 Å². The molecule has 0 aliphatic heterocycles. The number of nitrogens with zero attached hydrogens (tertiary/aromatic N) is 1. The molecule has 0 radical (unpaired) electrons. The SMILES string of the molecule is CC(C)CC(CNC(=O)NCc1ccncc1)C(=O)O. The first kappa shape index (κ1) is 15.9. The zero-order valence-electron chi connectivity index (χ0n) is 11.8. The number of hydrogen-bond donors (Lipinski definition) is 3.